The van der Waals surface area contributed by atoms with Gasteiger partial charge in [-0.2, -0.15) is 0 Å². The molecule has 2 heteroatoms. The topological polar surface area (TPSA) is 38.0 Å². The van der Waals surface area contributed by atoms with E-state index in [0.29, 0.717) is 6.04 Å². The number of aryl methyl sites for hydroxylation is 2. The summed E-state index contributed by atoms with van der Waals surface area (Å²) in [7, 11) is 0. The summed E-state index contributed by atoms with van der Waals surface area (Å²) in [4.78, 5) is 0. The molecule has 14 heavy (non-hydrogen) atoms. The summed E-state index contributed by atoms with van der Waals surface area (Å²) in [6.45, 7) is 6.41. The Morgan fingerprint density at radius 2 is 1.79 bits per heavy atom. The summed E-state index contributed by atoms with van der Waals surface area (Å²) in [6, 6.07) is 7.04. The molecule has 0 aliphatic rings. The van der Waals surface area contributed by atoms with Crippen molar-refractivity contribution < 1.29 is 0 Å². The molecule has 0 bridgehead atoms. The zero-order valence-corrected chi connectivity index (χ0v) is 9.30. The van der Waals surface area contributed by atoms with E-state index in [4.69, 9.17) is 5.84 Å². The SMILES string of the molecule is CCC(Cc1cc(C)cc(C)c1)NN. The number of rotatable bonds is 4. The minimum Gasteiger partial charge on any atom is -0.271 e. The fraction of sp³-hybridized carbons (Fsp3) is 0.500. The lowest BCUT2D eigenvalue weighted by Gasteiger charge is -2.14. The van der Waals surface area contributed by atoms with Gasteiger partial charge in [0.05, 0.1) is 0 Å². The molecular formula is C12H20N2. The van der Waals surface area contributed by atoms with Gasteiger partial charge in [-0.15, -0.1) is 0 Å². The van der Waals surface area contributed by atoms with Crippen molar-refractivity contribution in [1.82, 2.24) is 5.43 Å². The molecule has 0 aliphatic heterocycles. The standard InChI is InChI=1S/C12H20N2/c1-4-12(14-13)8-11-6-9(2)5-10(3)7-11/h5-7,12,14H,4,8,13H2,1-3H3. The van der Waals surface area contributed by atoms with Crippen LogP contribution >= 0.6 is 0 Å². The molecule has 2 nitrogen and oxygen atoms in total. The van der Waals surface area contributed by atoms with E-state index in [0.717, 1.165) is 12.8 Å². The first-order valence-electron chi connectivity index (χ1n) is 5.19. The summed E-state index contributed by atoms with van der Waals surface area (Å²) in [5.41, 5.74) is 6.86. The van der Waals surface area contributed by atoms with E-state index in [-0.39, 0.29) is 0 Å². The van der Waals surface area contributed by atoms with Crippen molar-refractivity contribution in [2.75, 3.05) is 0 Å². The molecule has 0 heterocycles. The number of nitrogens with one attached hydrogen (secondary N) is 1. The van der Waals surface area contributed by atoms with Crippen LogP contribution in [0.15, 0.2) is 18.2 Å². The first-order valence-corrected chi connectivity index (χ1v) is 5.19. The van der Waals surface area contributed by atoms with Crippen LogP contribution in [0.1, 0.15) is 30.0 Å². The second-order valence-electron chi connectivity index (χ2n) is 3.97. The van der Waals surface area contributed by atoms with E-state index in [2.05, 4.69) is 44.4 Å². The Labute approximate surface area is 86.5 Å². The van der Waals surface area contributed by atoms with Gasteiger partial charge < -0.3 is 0 Å². The molecule has 0 spiro atoms. The van der Waals surface area contributed by atoms with Crippen molar-refractivity contribution in [2.45, 2.75) is 39.7 Å². The summed E-state index contributed by atoms with van der Waals surface area (Å²) >= 11 is 0. The summed E-state index contributed by atoms with van der Waals surface area (Å²) < 4.78 is 0. The zero-order valence-electron chi connectivity index (χ0n) is 9.30. The van der Waals surface area contributed by atoms with Crippen molar-refractivity contribution in [3.63, 3.8) is 0 Å². The van der Waals surface area contributed by atoms with Gasteiger partial charge in [0.1, 0.15) is 0 Å². The third-order valence-electron chi connectivity index (χ3n) is 2.49. The average molecular weight is 192 g/mol. The first kappa shape index (κ1) is 11.2. The maximum absolute atomic E-state index is 5.46. The molecule has 1 aromatic rings. The molecule has 0 radical (unpaired) electrons. The maximum Gasteiger partial charge on any atom is 0.0248 e. The highest BCUT2D eigenvalue weighted by Gasteiger charge is 2.05. The van der Waals surface area contributed by atoms with Crippen molar-refractivity contribution >= 4 is 0 Å². The molecule has 0 saturated carbocycles. The molecule has 1 rings (SSSR count). The highest BCUT2D eigenvalue weighted by atomic mass is 15.2. The Kier molecular flexibility index (Phi) is 4.11. The summed E-state index contributed by atoms with van der Waals surface area (Å²) in [5, 5.41) is 0. The van der Waals surface area contributed by atoms with Gasteiger partial charge >= 0.3 is 0 Å². The minimum absolute atomic E-state index is 0.385. The molecule has 3 N–H and O–H groups in total. The van der Waals surface area contributed by atoms with E-state index in [9.17, 15) is 0 Å². The van der Waals surface area contributed by atoms with Crippen LogP contribution in [-0.4, -0.2) is 6.04 Å². The predicted molar refractivity (Wildman–Crippen MR) is 61.0 cm³/mol. The Morgan fingerprint density at radius 3 is 2.21 bits per heavy atom. The van der Waals surface area contributed by atoms with Gasteiger partial charge in [0.25, 0.3) is 0 Å². The van der Waals surface area contributed by atoms with Gasteiger partial charge in [0.15, 0.2) is 0 Å². The molecular weight excluding hydrogens is 172 g/mol. The van der Waals surface area contributed by atoms with Crippen molar-refractivity contribution in [3.05, 3.63) is 34.9 Å². The van der Waals surface area contributed by atoms with Crippen LogP contribution in [0, 0.1) is 13.8 Å². The molecule has 78 valence electrons. The van der Waals surface area contributed by atoms with Gasteiger partial charge in [-0.1, -0.05) is 36.2 Å². The summed E-state index contributed by atoms with van der Waals surface area (Å²) in [6.07, 6.45) is 2.07. The van der Waals surface area contributed by atoms with Crippen molar-refractivity contribution in [3.8, 4) is 0 Å². The molecule has 0 aromatic heterocycles. The van der Waals surface area contributed by atoms with E-state index in [1.54, 1.807) is 0 Å². The normalized spacial score (nSPS) is 12.9. The van der Waals surface area contributed by atoms with Crippen LogP contribution in [0.2, 0.25) is 0 Å². The fourth-order valence-electron chi connectivity index (χ4n) is 1.79. The van der Waals surface area contributed by atoms with Gasteiger partial charge in [0, 0.05) is 6.04 Å². The first-order chi connectivity index (χ1) is 6.65. The summed E-state index contributed by atoms with van der Waals surface area (Å²) in [5.74, 6) is 5.46. The van der Waals surface area contributed by atoms with Crippen LogP contribution < -0.4 is 11.3 Å². The molecule has 0 fully saturated rings. The van der Waals surface area contributed by atoms with Gasteiger partial charge in [0.2, 0.25) is 0 Å². The van der Waals surface area contributed by atoms with Crippen LogP contribution in [0.3, 0.4) is 0 Å². The van der Waals surface area contributed by atoms with E-state index >= 15 is 0 Å². The number of benzene rings is 1. The Morgan fingerprint density at radius 1 is 1.21 bits per heavy atom. The lowest BCUT2D eigenvalue weighted by atomic mass is 10.0. The monoisotopic (exact) mass is 192 g/mol. The Balaban J connectivity index is 2.75. The highest BCUT2D eigenvalue weighted by Crippen LogP contribution is 2.11. The molecule has 0 amide bonds. The average Bonchev–Trinajstić information content (AvgIpc) is 2.12. The van der Waals surface area contributed by atoms with Gasteiger partial charge in [-0.05, 0) is 32.3 Å². The van der Waals surface area contributed by atoms with Crippen LogP contribution in [0.4, 0.5) is 0 Å². The molecule has 1 atom stereocenters. The van der Waals surface area contributed by atoms with Crippen molar-refractivity contribution in [2.24, 2.45) is 5.84 Å². The number of nitrogens with two attached hydrogens (primary N) is 1. The molecule has 1 unspecified atom stereocenters. The highest BCUT2D eigenvalue weighted by molar-refractivity contribution is 5.29. The van der Waals surface area contributed by atoms with Crippen molar-refractivity contribution in [1.29, 1.82) is 0 Å². The maximum atomic E-state index is 5.46. The van der Waals surface area contributed by atoms with Gasteiger partial charge in [-0.25, -0.2) is 0 Å². The minimum atomic E-state index is 0.385. The fourth-order valence-corrected chi connectivity index (χ4v) is 1.79. The molecule has 1 aromatic carbocycles. The van der Waals surface area contributed by atoms with E-state index in [1.807, 2.05) is 0 Å². The number of hydrazine groups is 1. The van der Waals surface area contributed by atoms with Crippen LogP contribution in [0.5, 0.6) is 0 Å². The quantitative estimate of drug-likeness (QED) is 0.566. The van der Waals surface area contributed by atoms with E-state index < -0.39 is 0 Å². The Hall–Kier alpha value is -0.860. The predicted octanol–water partition coefficient (Wildman–Crippen LogP) is 2.09. The lowest BCUT2D eigenvalue weighted by molar-refractivity contribution is 0.511. The van der Waals surface area contributed by atoms with E-state index in [1.165, 1.54) is 16.7 Å². The largest absolute Gasteiger partial charge is 0.271 e. The molecule has 0 saturated heterocycles. The second-order valence-corrected chi connectivity index (χ2v) is 3.97. The number of hydrogen-bond donors (Lipinski definition) is 2. The Bertz CT molecular complexity index is 270. The molecule has 0 aliphatic carbocycles. The number of hydrogen-bond acceptors (Lipinski definition) is 2. The third-order valence-corrected chi connectivity index (χ3v) is 2.49. The third kappa shape index (κ3) is 3.13. The zero-order chi connectivity index (χ0) is 10.6. The van der Waals surface area contributed by atoms with Gasteiger partial charge in [-0.3, -0.25) is 11.3 Å². The second kappa shape index (κ2) is 5.13. The lowest BCUT2D eigenvalue weighted by Crippen LogP contribution is -2.36. The smallest absolute Gasteiger partial charge is 0.0248 e. The van der Waals surface area contributed by atoms with Crippen LogP contribution in [-0.2, 0) is 6.42 Å². The van der Waals surface area contributed by atoms with Crippen LogP contribution in [0.25, 0.3) is 0 Å².